The SMILES string of the molecule is CSc1nnnn1-c1cccc(NC(=O)c2sccc2S(=O)(=O)N2CCCC2)c1. The molecule has 0 aliphatic carbocycles. The second-order valence-electron chi connectivity index (χ2n) is 6.31. The van der Waals surface area contributed by atoms with E-state index in [4.69, 9.17) is 0 Å². The maximum Gasteiger partial charge on any atom is 0.267 e. The standard InChI is InChI=1S/C17H18N6O3S3/c1-27-17-19-20-21-23(17)13-6-4-5-12(11-13)18-16(24)15-14(7-10-28-15)29(25,26)22-8-2-3-9-22/h4-7,10-11H,2-3,8-9H2,1H3,(H,18,24). The first-order valence-corrected chi connectivity index (χ1v) is 12.4. The Hall–Kier alpha value is -2.28. The Morgan fingerprint density at radius 1 is 1.24 bits per heavy atom. The Bertz CT molecular complexity index is 1130. The zero-order chi connectivity index (χ0) is 20.4. The molecule has 0 saturated carbocycles. The monoisotopic (exact) mass is 450 g/mol. The number of aromatic nitrogens is 4. The Morgan fingerprint density at radius 2 is 2.03 bits per heavy atom. The fourth-order valence-corrected chi connectivity index (χ4v) is 6.35. The molecule has 29 heavy (non-hydrogen) atoms. The van der Waals surface area contributed by atoms with Crippen molar-refractivity contribution in [1.29, 1.82) is 0 Å². The third-order valence-corrected chi connectivity index (χ3v) is 8.09. The van der Waals surface area contributed by atoms with E-state index in [9.17, 15) is 13.2 Å². The quantitative estimate of drug-likeness (QED) is 0.575. The van der Waals surface area contributed by atoms with Crippen molar-refractivity contribution in [1.82, 2.24) is 24.5 Å². The van der Waals surface area contributed by atoms with Gasteiger partial charge < -0.3 is 5.32 Å². The van der Waals surface area contributed by atoms with Gasteiger partial charge in [0.05, 0.1) is 5.69 Å². The Kier molecular flexibility index (Phi) is 5.67. The van der Waals surface area contributed by atoms with Gasteiger partial charge in [-0.3, -0.25) is 4.79 Å². The molecule has 3 heterocycles. The first kappa shape index (κ1) is 20.0. The molecular formula is C17H18N6O3S3. The molecule has 0 bridgehead atoms. The summed E-state index contributed by atoms with van der Waals surface area (Å²) < 4.78 is 28.8. The number of anilines is 1. The summed E-state index contributed by atoms with van der Waals surface area (Å²) in [6, 6.07) is 8.55. The van der Waals surface area contributed by atoms with Crippen molar-refractivity contribution in [2.45, 2.75) is 22.9 Å². The number of nitrogens with zero attached hydrogens (tertiary/aromatic N) is 5. The third kappa shape index (κ3) is 3.92. The van der Waals surface area contributed by atoms with Crippen LogP contribution in [0.5, 0.6) is 0 Å². The van der Waals surface area contributed by atoms with Crippen molar-refractivity contribution in [3.8, 4) is 5.69 Å². The molecule has 12 heteroatoms. The molecule has 1 aliphatic rings. The van der Waals surface area contributed by atoms with Crippen LogP contribution in [-0.4, -0.2) is 58.2 Å². The van der Waals surface area contributed by atoms with Crippen LogP contribution in [0.15, 0.2) is 45.8 Å². The summed E-state index contributed by atoms with van der Waals surface area (Å²) >= 11 is 2.51. The van der Waals surface area contributed by atoms with Gasteiger partial charge in [-0.15, -0.1) is 16.4 Å². The van der Waals surface area contributed by atoms with Crippen LogP contribution < -0.4 is 5.32 Å². The smallest absolute Gasteiger partial charge is 0.267 e. The average Bonchev–Trinajstić information content (AvgIpc) is 3.49. The summed E-state index contributed by atoms with van der Waals surface area (Å²) in [7, 11) is -3.67. The molecule has 0 spiro atoms. The van der Waals surface area contributed by atoms with Crippen molar-refractivity contribution in [3.63, 3.8) is 0 Å². The highest BCUT2D eigenvalue weighted by molar-refractivity contribution is 7.98. The van der Waals surface area contributed by atoms with Crippen LogP contribution in [0.3, 0.4) is 0 Å². The van der Waals surface area contributed by atoms with Gasteiger partial charge in [0, 0.05) is 18.8 Å². The topological polar surface area (TPSA) is 110 Å². The Morgan fingerprint density at radius 3 is 2.79 bits per heavy atom. The molecule has 0 unspecified atom stereocenters. The predicted octanol–water partition coefficient (Wildman–Crippen LogP) is 2.48. The fraction of sp³-hybridized carbons (Fsp3) is 0.294. The molecule has 1 aliphatic heterocycles. The number of carbonyl (C=O) groups is 1. The Balaban J connectivity index is 1.59. The summed E-state index contributed by atoms with van der Waals surface area (Å²) in [5.74, 6) is -0.461. The first-order chi connectivity index (χ1) is 14.0. The van der Waals surface area contributed by atoms with E-state index in [0.717, 1.165) is 24.2 Å². The minimum absolute atomic E-state index is 0.0585. The number of amides is 1. The molecule has 0 atom stereocenters. The summed E-state index contributed by atoms with van der Waals surface area (Å²) in [5.41, 5.74) is 1.21. The number of nitrogens with one attached hydrogen (secondary N) is 1. The highest BCUT2D eigenvalue weighted by Gasteiger charge is 2.31. The van der Waals surface area contributed by atoms with E-state index in [2.05, 4.69) is 20.8 Å². The number of benzene rings is 1. The normalized spacial score (nSPS) is 14.9. The van der Waals surface area contributed by atoms with Crippen LogP contribution in [0.1, 0.15) is 22.5 Å². The summed E-state index contributed by atoms with van der Waals surface area (Å²) in [6.45, 7) is 0.982. The Labute approximate surface area is 176 Å². The predicted molar refractivity (Wildman–Crippen MR) is 111 cm³/mol. The van der Waals surface area contributed by atoms with E-state index >= 15 is 0 Å². The zero-order valence-electron chi connectivity index (χ0n) is 15.5. The summed E-state index contributed by atoms with van der Waals surface area (Å²) in [6.07, 6.45) is 3.55. The number of tetrazole rings is 1. The van der Waals surface area contributed by atoms with Gasteiger partial charge in [-0.2, -0.15) is 8.99 Å². The number of carbonyl (C=O) groups excluding carboxylic acids is 1. The maximum atomic E-state index is 12.9. The molecule has 0 radical (unpaired) electrons. The van der Waals surface area contributed by atoms with Crippen LogP contribution in [0, 0.1) is 0 Å². The number of hydrogen-bond acceptors (Lipinski definition) is 8. The second kappa shape index (κ2) is 8.22. The number of thioether (sulfide) groups is 1. The minimum Gasteiger partial charge on any atom is -0.321 e. The lowest BCUT2D eigenvalue weighted by atomic mass is 10.2. The largest absolute Gasteiger partial charge is 0.321 e. The van der Waals surface area contributed by atoms with E-state index in [1.165, 1.54) is 22.1 Å². The lowest BCUT2D eigenvalue weighted by molar-refractivity contribution is 0.102. The first-order valence-electron chi connectivity index (χ1n) is 8.82. The molecule has 9 nitrogen and oxygen atoms in total. The molecular weight excluding hydrogens is 432 g/mol. The van der Waals surface area contributed by atoms with Crippen LogP contribution in [0.25, 0.3) is 5.69 Å². The van der Waals surface area contributed by atoms with Gasteiger partial charge in [0.2, 0.25) is 15.2 Å². The lowest BCUT2D eigenvalue weighted by Crippen LogP contribution is -2.29. The van der Waals surface area contributed by atoms with Gasteiger partial charge in [-0.05, 0) is 59.2 Å². The summed E-state index contributed by atoms with van der Waals surface area (Å²) in [5, 5.41) is 16.6. The molecule has 1 saturated heterocycles. The van der Waals surface area contributed by atoms with Crippen molar-refractivity contribution < 1.29 is 13.2 Å². The van der Waals surface area contributed by atoms with Gasteiger partial charge in [0.25, 0.3) is 5.91 Å². The van der Waals surface area contributed by atoms with E-state index in [0.29, 0.717) is 29.6 Å². The molecule has 1 fully saturated rings. The molecule has 4 rings (SSSR count). The van der Waals surface area contributed by atoms with Crippen LogP contribution >= 0.6 is 23.1 Å². The van der Waals surface area contributed by atoms with Crippen LogP contribution in [0.4, 0.5) is 5.69 Å². The van der Waals surface area contributed by atoms with E-state index in [-0.39, 0.29) is 9.77 Å². The van der Waals surface area contributed by atoms with Gasteiger partial charge in [0.15, 0.2) is 0 Å². The molecule has 2 aromatic heterocycles. The average molecular weight is 451 g/mol. The third-order valence-electron chi connectivity index (χ3n) is 4.49. The van der Waals surface area contributed by atoms with Gasteiger partial charge in [-0.25, -0.2) is 8.42 Å². The molecule has 1 N–H and O–H groups in total. The fourth-order valence-electron chi connectivity index (χ4n) is 3.11. The molecule has 3 aromatic rings. The number of hydrogen-bond donors (Lipinski definition) is 1. The second-order valence-corrected chi connectivity index (χ2v) is 9.90. The zero-order valence-corrected chi connectivity index (χ0v) is 17.9. The van der Waals surface area contributed by atoms with Crippen molar-refractivity contribution in [3.05, 3.63) is 40.6 Å². The van der Waals surface area contributed by atoms with Gasteiger partial charge in [-0.1, -0.05) is 17.8 Å². The van der Waals surface area contributed by atoms with Gasteiger partial charge >= 0.3 is 0 Å². The van der Waals surface area contributed by atoms with E-state index < -0.39 is 15.9 Å². The van der Waals surface area contributed by atoms with Crippen LogP contribution in [0.2, 0.25) is 0 Å². The van der Waals surface area contributed by atoms with Crippen molar-refractivity contribution in [2.75, 3.05) is 24.7 Å². The number of thiophene rings is 1. The van der Waals surface area contributed by atoms with E-state index in [1.807, 2.05) is 12.3 Å². The van der Waals surface area contributed by atoms with E-state index in [1.54, 1.807) is 28.3 Å². The van der Waals surface area contributed by atoms with Crippen LogP contribution in [-0.2, 0) is 10.0 Å². The molecule has 152 valence electrons. The van der Waals surface area contributed by atoms with Crippen molar-refractivity contribution in [2.24, 2.45) is 0 Å². The highest BCUT2D eigenvalue weighted by atomic mass is 32.2. The molecule has 1 amide bonds. The minimum atomic E-state index is -3.67. The maximum absolute atomic E-state index is 12.9. The van der Waals surface area contributed by atoms with Crippen molar-refractivity contribution >= 4 is 44.7 Å². The molecule has 1 aromatic carbocycles. The number of rotatable bonds is 6. The summed E-state index contributed by atoms with van der Waals surface area (Å²) in [4.78, 5) is 13.1. The highest BCUT2D eigenvalue weighted by Crippen LogP contribution is 2.28. The number of sulfonamides is 1. The lowest BCUT2D eigenvalue weighted by Gasteiger charge is -2.15. The van der Waals surface area contributed by atoms with Gasteiger partial charge in [0.1, 0.15) is 9.77 Å².